The molecule has 0 aliphatic rings. The molecular weight excluding hydrogens is 239 g/mol. The highest BCUT2D eigenvalue weighted by atomic mass is 19.1. The van der Waals surface area contributed by atoms with Gasteiger partial charge in [0.1, 0.15) is 5.82 Å². The van der Waals surface area contributed by atoms with E-state index in [0.717, 1.165) is 16.7 Å². The van der Waals surface area contributed by atoms with Crippen LogP contribution in [0.25, 0.3) is 0 Å². The molecule has 0 bridgehead atoms. The minimum absolute atomic E-state index is 0.322. The summed E-state index contributed by atoms with van der Waals surface area (Å²) in [5, 5.41) is 10.3. The Labute approximate surface area is 113 Å². The minimum Gasteiger partial charge on any atom is -0.388 e. The SMILES string of the molecule is Cc1ccc(CC(O)c2c(C)cc(C)cc2F)cc1. The van der Waals surface area contributed by atoms with Crippen molar-refractivity contribution in [2.24, 2.45) is 0 Å². The Morgan fingerprint density at radius 2 is 1.63 bits per heavy atom. The van der Waals surface area contributed by atoms with Gasteiger partial charge in [-0.2, -0.15) is 0 Å². The summed E-state index contributed by atoms with van der Waals surface area (Å²) >= 11 is 0. The van der Waals surface area contributed by atoms with Crippen molar-refractivity contribution in [3.8, 4) is 0 Å². The van der Waals surface area contributed by atoms with E-state index < -0.39 is 6.10 Å². The molecule has 1 atom stereocenters. The van der Waals surface area contributed by atoms with Gasteiger partial charge >= 0.3 is 0 Å². The fourth-order valence-electron chi connectivity index (χ4n) is 2.40. The Hall–Kier alpha value is -1.67. The van der Waals surface area contributed by atoms with Crippen LogP contribution in [0.4, 0.5) is 4.39 Å². The number of rotatable bonds is 3. The molecule has 2 aromatic carbocycles. The smallest absolute Gasteiger partial charge is 0.129 e. The van der Waals surface area contributed by atoms with Crippen LogP contribution in [-0.4, -0.2) is 5.11 Å². The molecule has 1 unspecified atom stereocenters. The third-order valence-electron chi connectivity index (χ3n) is 3.36. The van der Waals surface area contributed by atoms with Crippen LogP contribution in [0, 0.1) is 26.6 Å². The van der Waals surface area contributed by atoms with Crippen molar-refractivity contribution in [3.63, 3.8) is 0 Å². The lowest BCUT2D eigenvalue weighted by Gasteiger charge is -2.15. The van der Waals surface area contributed by atoms with E-state index >= 15 is 0 Å². The lowest BCUT2D eigenvalue weighted by molar-refractivity contribution is 0.173. The van der Waals surface area contributed by atoms with Crippen LogP contribution in [0.2, 0.25) is 0 Å². The van der Waals surface area contributed by atoms with Crippen molar-refractivity contribution in [2.45, 2.75) is 33.3 Å². The average Bonchev–Trinajstić information content (AvgIpc) is 2.30. The second-order valence-electron chi connectivity index (χ2n) is 5.18. The first-order chi connectivity index (χ1) is 8.97. The molecule has 0 spiro atoms. The molecule has 0 radical (unpaired) electrons. The molecule has 0 fully saturated rings. The molecule has 1 nitrogen and oxygen atoms in total. The Morgan fingerprint density at radius 1 is 1.00 bits per heavy atom. The molecule has 0 saturated carbocycles. The maximum Gasteiger partial charge on any atom is 0.129 e. The quantitative estimate of drug-likeness (QED) is 0.881. The normalized spacial score (nSPS) is 12.5. The highest BCUT2D eigenvalue weighted by Gasteiger charge is 2.16. The molecule has 0 aromatic heterocycles. The molecule has 0 aliphatic heterocycles. The predicted molar refractivity (Wildman–Crippen MR) is 75.7 cm³/mol. The number of halogens is 1. The molecule has 0 amide bonds. The van der Waals surface area contributed by atoms with Gasteiger partial charge in [0.05, 0.1) is 6.10 Å². The van der Waals surface area contributed by atoms with E-state index in [1.807, 2.05) is 51.1 Å². The number of hydrogen-bond acceptors (Lipinski definition) is 1. The van der Waals surface area contributed by atoms with Gasteiger partial charge in [-0.15, -0.1) is 0 Å². The molecule has 0 heterocycles. The van der Waals surface area contributed by atoms with Gasteiger partial charge in [-0.1, -0.05) is 35.9 Å². The first-order valence-corrected chi connectivity index (χ1v) is 6.47. The minimum atomic E-state index is -0.802. The average molecular weight is 258 g/mol. The maximum atomic E-state index is 14.0. The van der Waals surface area contributed by atoms with E-state index in [-0.39, 0.29) is 5.82 Å². The molecular formula is C17H19FO. The van der Waals surface area contributed by atoms with E-state index in [4.69, 9.17) is 0 Å². The molecule has 2 heteroatoms. The Balaban J connectivity index is 2.25. The fraction of sp³-hybridized carbons (Fsp3) is 0.294. The van der Waals surface area contributed by atoms with Gasteiger partial charge in [-0.25, -0.2) is 4.39 Å². The fourth-order valence-corrected chi connectivity index (χ4v) is 2.40. The largest absolute Gasteiger partial charge is 0.388 e. The Kier molecular flexibility index (Phi) is 4.01. The lowest BCUT2D eigenvalue weighted by atomic mass is 9.95. The molecule has 2 aromatic rings. The van der Waals surface area contributed by atoms with E-state index in [0.29, 0.717) is 12.0 Å². The van der Waals surface area contributed by atoms with Crippen LogP contribution in [0.3, 0.4) is 0 Å². The van der Waals surface area contributed by atoms with E-state index in [9.17, 15) is 9.50 Å². The third-order valence-corrected chi connectivity index (χ3v) is 3.36. The standard InChI is InChI=1S/C17H19FO/c1-11-4-6-14(7-5-11)10-16(19)17-13(3)8-12(2)9-15(17)18/h4-9,16,19H,10H2,1-3H3. The maximum absolute atomic E-state index is 14.0. The van der Waals surface area contributed by atoms with Crippen molar-refractivity contribution < 1.29 is 9.50 Å². The zero-order chi connectivity index (χ0) is 14.0. The van der Waals surface area contributed by atoms with E-state index in [1.54, 1.807) is 0 Å². The van der Waals surface area contributed by atoms with E-state index in [1.165, 1.54) is 11.6 Å². The zero-order valence-electron chi connectivity index (χ0n) is 11.6. The molecule has 2 rings (SSSR count). The molecule has 100 valence electrons. The van der Waals surface area contributed by atoms with Crippen LogP contribution in [0.5, 0.6) is 0 Å². The predicted octanol–water partition coefficient (Wildman–Crippen LogP) is 4.03. The van der Waals surface area contributed by atoms with Gasteiger partial charge in [0.15, 0.2) is 0 Å². The monoisotopic (exact) mass is 258 g/mol. The number of hydrogen-bond donors (Lipinski definition) is 1. The highest BCUT2D eigenvalue weighted by Crippen LogP contribution is 2.25. The third kappa shape index (κ3) is 3.21. The molecule has 0 aliphatic carbocycles. The summed E-state index contributed by atoms with van der Waals surface area (Å²) in [6, 6.07) is 11.3. The van der Waals surface area contributed by atoms with Crippen molar-refractivity contribution in [1.82, 2.24) is 0 Å². The van der Waals surface area contributed by atoms with Gasteiger partial charge in [-0.3, -0.25) is 0 Å². The Morgan fingerprint density at radius 3 is 2.21 bits per heavy atom. The van der Waals surface area contributed by atoms with Crippen LogP contribution < -0.4 is 0 Å². The summed E-state index contributed by atoms with van der Waals surface area (Å²) in [5.74, 6) is -0.322. The van der Waals surface area contributed by atoms with Crippen LogP contribution >= 0.6 is 0 Å². The van der Waals surface area contributed by atoms with Crippen LogP contribution in [0.15, 0.2) is 36.4 Å². The van der Waals surface area contributed by atoms with E-state index in [2.05, 4.69) is 0 Å². The van der Waals surface area contributed by atoms with Gasteiger partial charge in [-0.05, 0) is 43.5 Å². The second-order valence-corrected chi connectivity index (χ2v) is 5.18. The number of benzene rings is 2. The summed E-state index contributed by atoms with van der Waals surface area (Å²) in [6.07, 6.45) is -0.371. The molecule has 1 N–H and O–H groups in total. The highest BCUT2D eigenvalue weighted by molar-refractivity contribution is 5.34. The van der Waals surface area contributed by atoms with Crippen LogP contribution in [0.1, 0.15) is 33.9 Å². The van der Waals surface area contributed by atoms with Crippen molar-refractivity contribution in [1.29, 1.82) is 0 Å². The topological polar surface area (TPSA) is 20.2 Å². The molecule has 19 heavy (non-hydrogen) atoms. The summed E-state index contributed by atoms with van der Waals surface area (Å²) in [5.41, 5.74) is 4.28. The van der Waals surface area contributed by atoms with Crippen molar-refractivity contribution >= 4 is 0 Å². The first kappa shape index (κ1) is 13.8. The van der Waals surface area contributed by atoms with Gasteiger partial charge in [0, 0.05) is 12.0 Å². The van der Waals surface area contributed by atoms with Gasteiger partial charge in [0.25, 0.3) is 0 Å². The first-order valence-electron chi connectivity index (χ1n) is 6.47. The summed E-state index contributed by atoms with van der Waals surface area (Å²) in [4.78, 5) is 0. The summed E-state index contributed by atoms with van der Waals surface area (Å²) in [7, 11) is 0. The summed E-state index contributed by atoms with van der Waals surface area (Å²) in [6.45, 7) is 5.71. The van der Waals surface area contributed by atoms with Gasteiger partial charge < -0.3 is 5.11 Å². The zero-order valence-corrected chi connectivity index (χ0v) is 11.6. The second kappa shape index (κ2) is 5.54. The Bertz CT molecular complexity index is 549. The van der Waals surface area contributed by atoms with Crippen LogP contribution in [-0.2, 0) is 6.42 Å². The lowest BCUT2D eigenvalue weighted by Crippen LogP contribution is -2.07. The van der Waals surface area contributed by atoms with Gasteiger partial charge in [0.2, 0.25) is 0 Å². The number of aryl methyl sites for hydroxylation is 3. The summed E-state index contributed by atoms with van der Waals surface area (Å²) < 4.78 is 14.0. The molecule has 0 saturated heterocycles. The number of aliphatic hydroxyl groups is 1. The van der Waals surface area contributed by atoms with Crippen molar-refractivity contribution in [3.05, 3.63) is 70.0 Å². The van der Waals surface area contributed by atoms with Crippen molar-refractivity contribution in [2.75, 3.05) is 0 Å². The number of aliphatic hydroxyl groups excluding tert-OH is 1.